The van der Waals surface area contributed by atoms with Crippen LogP contribution < -0.4 is 4.74 Å². The molecule has 0 bridgehead atoms. The highest BCUT2D eigenvalue weighted by Crippen LogP contribution is 2.43. The summed E-state index contributed by atoms with van der Waals surface area (Å²) in [5.74, 6) is 0.819. The van der Waals surface area contributed by atoms with Gasteiger partial charge >= 0.3 is 0 Å². The van der Waals surface area contributed by atoms with Gasteiger partial charge in [-0.1, -0.05) is 11.6 Å². The molecule has 1 fully saturated rings. The van der Waals surface area contributed by atoms with Crippen molar-refractivity contribution in [2.24, 2.45) is 0 Å². The first-order valence-corrected chi connectivity index (χ1v) is 10.0. The van der Waals surface area contributed by atoms with Crippen molar-refractivity contribution in [1.82, 2.24) is 19.7 Å². The molecular weight excluding hydrogens is 399 g/mol. The van der Waals surface area contributed by atoms with Crippen LogP contribution in [0.25, 0.3) is 22.4 Å². The highest BCUT2D eigenvalue weighted by atomic mass is 35.5. The standard InChI is InChI=1S/C20H18Cl2N4O2/c1-11-18-13-8-12(19-14(21)9-23-20(22)24-19)5-6-16(13)28-10-15(18)26(25-11)17-4-2-3-7-27-17/h5-6,8-9,17H,2-4,7,10H2,1H3. The second-order valence-electron chi connectivity index (χ2n) is 7.01. The van der Waals surface area contributed by atoms with E-state index < -0.39 is 0 Å². The van der Waals surface area contributed by atoms with E-state index in [0.29, 0.717) is 17.3 Å². The van der Waals surface area contributed by atoms with E-state index in [2.05, 4.69) is 9.97 Å². The Morgan fingerprint density at radius 2 is 2.11 bits per heavy atom. The summed E-state index contributed by atoms with van der Waals surface area (Å²) in [5.41, 5.74) is 5.51. The van der Waals surface area contributed by atoms with Crippen LogP contribution >= 0.6 is 23.2 Å². The second kappa shape index (κ2) is 7.03. The van der Waals surface area contributed by atoms with Crippen molar-refractivity contribution in [3.63, 3.8) is 0 Å². The van der Waals surface area contributed by atoms with Gasteiger partial charge in [0, 0.05) is 23.3 Å². The van der Waals surface area contributed by atoms with E-state index in [4.69, 9.17) is 37.8 Å². The first-order valence-electron chi connectivity index (χ1n) is 9.27. The highest BCUT2D eigenvalue weighted by Gasteiger charge is 2.29. The summed E-state index contributed by atoms with van der Waals surface area (Å²) in [7, 11) is 0. The molecule has 8 heteroatoms. The van der Waals surface area contributed by atoms with Crippen molar-refractivity contribution in [2.75, 3.05) is 6.61 Å². The molecular formula is C20H18Cl2N4O2. The van der Waals surface area contributed by atoms with Crippen LogP contribution in [-0.4, -0.2) is 26.4 Å². The molecule has 3 aromatic rings. The molecule has 144 valence electrons. The minimum Gasteiger partial charge on any atom is -0.487 e. The van der Waals surface area contributed by atoms with Crippen LogP contribution in [0.1, 0.15) is 36.9 Å². The lowest BCUT2D eigenvalue weighted by Gasteiger charge is -2.26. The van der Waals surface area contributed by atoms with Gasteiger partial charge in [0.05, 0.1) is 28.3 Å². The lowest BCUT2D eigenvalue weighted by molar-refractivity contribution is -0.0425. The van der Waals surface area contributed by atoms with Gasteiger partial charge in [0.25, 0.3) is 0 Å². The Hall–Kier alpha value is -2.15. The molecule has 1 aromatic carbocycles. The average molecular weight is 417 g/mol. The Balaban J connectivity index is 1.62. The van der Waals surface area contributed by atoms with Gasteiger partial charge in [-0.25, -0.2) is 14.6 Å². The maximum Gasteiger partial charge on any atom is 0.222 e. The summed E-state index contributed by atoms with van der Waals surface area (Å²) >= 11 is 12.3. The Kier molecular flexibility index (Phi) is 4.50. The molecule has 0 aliphatic carbocycles. The van der Waals surface area contributed by atoms with Crippen LogP contribution in [-0.2, 0) is 11.3 Å². The predicted molar refractivity (Wildman–Crippen MR) is 107 cm³/mol. The minimum absolute atomic E-state index is 0.0281. The molecule has 1 unspecified atom stereocenters. The van der Waals surface area contributed by atoms with Crippen LogP contribution in [0.15, 0.2) is 24.4 Å². The number of rotatable bonds is 2. The lowest BCUT2D eigenvalue weighted by Crippen LogP contribution is -2.22. The number of fused-ring (bicyclic) bond motifs is 3. The van der Waals surface area contributed by atoms with Gasteiger partial charge < -0.3 is 9.47 Å². The second-order valence-corrected chi connectivity index (χ2v) is 7.75. The fourth-order valence-corrected chi connectivity index (χ4v) is 4.26. The summed E-state index contributed by atoms with van der Waals surface area (Å²) in [6.45, 7) is 3.27. The number of hydrogen-bond acceptors (Lipinski definition) is 5. The third-order valence-corrected chi connectivity index (χ3v) is 5.67. The van der Waals surface area contributed by atoms with Crippen molar-refractivity contribution in [3.05, 3.63) is 46.1 Å². The monoisotopic (exact) mass is 416 g/mol. The molecule has 2 aliphatic rings. The van der Waals surface area contributed by atoms with E-state index in [1.807, 2.05) is 29.8 Å². The van der Waals surface area contributed by atoms with Crippen LogP contribution in [0.3, 0.4) is 0 Å². The molecule has 4 heterocycles. The third-order valence-electron chi connectivity index (χ3n) is 5.21. The van der Waals surface area contributed by atoms with Crippen molar-refractivity contribution in [3.8, 4) is 28.1 Å². The summed E-state index contributed by atoms with van der Waals surface area (Å²) in [6, 6.07) is 5.89. The lowest BCUT2D eigenvalue weighted by atomic mass is 9.97. The van der Waals surface area contributed by atoms with E-state index in [1.54, 1.807) is 0 Å². The number of nitrogens with zero attached hydrogens (tertiary/aromatic N) is 4. The van der Waals surface area contributed by atoms with Crippen molar-refractivity contribution < 1.29 is 9.47 Å². The molecule has 6 nitrogen and oxygen atoms in total. The van der Waals surface area contributed by atoms with Gasteiger partial charge in [0.1, 0.15) is 12.4 Å². The average Bonchev–Trinajstić information content (AvgIpc) is 3.07. The van der Waals surface area contributed by atoms with E-state index in [9.17, 15) is 0 Å². The molecule has 28 heavy (non-hydrogen) atoms. The van der Waals surface area contributed by atoms with Gasteiger partial charge in [0.15, 0.2) is 6.23 Å². The topological polar surface area (TPSA) is 62.1 Å². The van der Waals surface area contributed by atoms with Crippen LogP contribution in [0.5, 0.6) is 5.75 Å². The smallest absolute Gasteiger partial charge is 0.222 e. The van der Waals surface area contributed by atoms with Crippen molar-refractivity contribution in [1.29, 1.82) is 0 Å². The number of halogens is 2. The number of hydrogen-bond donors (Lipinski definition) is 0. The fourth-order valence-electron chi connectivity index (χ4n) is 3.93. The first kappa shape index (κ1) is 17.9. The van der Waals surface area contributed by atoms with Gasteiger partial charge in [-0.15, -0.1) is 0 Å². The zero-order valence-corrected chi connectivity index (χ0v) is 16.8. The molecule has 2 aromatic heterocycles. The molecule has 1 atom stereocenters. The zero-order valence-electron chi connectivity index (χ0n) is 15.3. The van der Waals surface area contributed by atoms with E-state index >= 15 is 0 Å². The quantitative estimate of drug-likeness (QED) is 0.536. The first-order chi connectivity index (χ1) is 13.6. The predicted octanol–water partition coefficient (Wildman–Crippen LogP) is 5.21. The Morgan fingerprint density at radius 3 is 2.93 bits per heavy atom. The van der Waals surface area contributed by atoms with Gasteiger partial charge in [-0.2, -0.15) is 5.10 Å². The third kappa shape index (κ3) is 2.96. The molecule has 1 saturated heterocycles. The van der Waals surface area contributed by atoms with E-state index in [0.717, 1.165) is 59.7 Å². The molecule has 5 rings (SSSR count). The highest BCUT2D eigenvalue weighted by molar-refractivity contribution is 6.33. The Bertz CT molecular complexity index is 1060. The Morgan fingerprint density at radius 1 is 1.21 bits per heavy atom. The van der Waals surface area contributed by atoms with Crippen molar-refractivity contribution >= 4 is 23.2 Å². The number of aromatic nitrogens is 4. The van der Waals surface area contributed by atoms with Crippen LogP contribution in [0.4, 0.5) is 0 Å². The maximum absolute atomic E-state index is 6.30. The molecule has 0 amide bonds. The zero-order chi connectivity index (χ0) is 19.3. The van der Waals surface area contributed by atoms with Crippen LogP contribution in [0.2, 0.25) is 10.3 Å². The van der Waals surface area contributed by atoms with Crippen molar-refractivity contribution in [2.45, 2.75) is 39.0 Å². The number of benzene rings is 1. The summed E-state index contributed by atoms with van der Waals surface area (Å²) in [4.78, 5) is 8.22. The minimum atomic E-state index is -0.0281. The SMILES string of the molecule is Cc1nn(C2CCCCO2)c2c1-c1cc(-c3nc(Cl)ncc3Cl)ccc1OC2. The van der Waals surface area contributed by atoms with Gasteiger partial charge in [0.2, 0.25) is 5.28 Å². The van der Waals surface area contributed by atoms with Crippen LogP contribution in [0, 0.1) is 6.92 Å². The van der Waals surface area contributed by atoms with Gasteiger partial charge in [-0.05, 0) is 56.0 Å². The molecule has 0 spiro atoms. The molecule has 0 N–H and O–H groups in total. The summed E-state index contributed by atoms with van der Waals surface area (Å²) in [6.07, 6.45) is 4.70. The van der Waals surface area contributed by atoms with E-state index in [1.165, 1.54) is 6.20 Å². The fraction of sp³-hybridized carbons (Fsp3) is 0.350. The normalized spacial score (nSPS) is 18.3. The maximum atomic E-state index is 6.30. The number of aryl methyl sites for hydroxylation is 1. The summed E-state index contributed by atoms with van der Waals surface area (Å²) in [5, 5.41) is 5.40. The molecule has 0 radical (unpaired) electrons. The molecule has 2 aliphatic heterocycles. The van der Waals surface area contributed by atoms with E-state index in [-0.39, 0.29) is 11.5 Å². The largest absolute Gasteiger partial charge is 0.487 e. The number of ether oxygens (including phenoxy) is 2. The molecule has 0 saturated carbocycles. The summed E-state index contributed by atoms with van der Waals surface area (Å²) < 4.78 is 14.0. The Labute approximate surface area is 172 Å². The van der Waals surface area contributed by atoms with Gasteiger partial charge in [-0.3, -0.25) is 0 Å².